The van der Waals surface area contributed by atoms with Gasteiger partial charge in [-0.15, -0.1) is 0 Å². The highest BCUT2D eigenvalue weighted by Gasteiger charge is 2.69. The summed E-state index contributed by atoms with van der Waals surface area (Å²) in [5.74, 6) is 21.6. The predicted octanol–water partition coefficient (Wildman–Crippen LogP) is 47.4. The van der Waals surface area contributed by atoms with Crippen LogP contribution < -0.4 is 0 Å². The SMILES string of the molecule is CC(C)C12CC(C)(C1)C2.CC(C)C12CC(C)(C1)C2.CC(C)C12CC(C)(C1)C2.CC(C)C12CC(C1)C2.CC(C)C12CCC(CC1)C2.CC(C)C12CCC(CC1)CC2.CC(C)C1CC(C)(F)C1.CC(C)C1CCC1.CC(C)C1CCC1.CC(C)CC1(C)CCC1.CC(C)CC1(F)CCC1.CC(C)CC1CC(C)(F)C1.CC(C)CC1CCC1.CC(C)c1ccc(Cl)cc1.CCC12CC(C(C)C)(C1)C2.Cc1ccc(C(C)C)cc1. The van der Waals surface area contributed by atoms with Gasteiger partial charge in [-0.3, -0.25) is 0 Å². The van der Waals surface area contributed by atoms with Crippen molar-refractivity contribution < 1.29 is 13.2 Å². The van der Waals surface area contributed by atoms with E-state index in [9.17, 15) is 13.2 Å². The van der Waals surface area contributed by atoms with Gasteiger partial charge in [-0.05, 0) is 501 Å². The van der Waals surface area contributed by atoms with Gasteiger partial charge in [-0.1, -0.05) is 380 Å². The van der Waals surface area contributed by atoms with Gasteiger partial charge < -0.3 is 0 Å². The van der Waals surface area contributed by atoms with Crippen LogP contribution >= 0.6 is 11.6 Å². The van der Waals surface area contributed by atoms with Crippen LogP contribution in [0.1, 0.15) is 620 Å². The molecule has 0 heterocycles. The zero-order valence-corrected chi connectivity index (χ0v) is 106. The highest BCUT2D eigenvalue weighted by molar-refractivity contribution is 6.30. The quantitative estimate of drug-likeness (QED) is 0.117. The van der Waals surface area contributed by atoms with E-state index >= 15 is 0 Å². The maximum Gasteiger partial charge on any atom is 0.111 e. The molecule has 4 heteroatoms. The first-order chi connectivity index (χ1) is 67.1. The van der Waals surface area contributed by atoms with Crippen molar-refractivity contribution in [2.24, 2.45) is 195 Å². The fourth-order valence-electron chi connectivity index (χ4n) is 32.9. The van der Waals surface area contributed by atoms with E-state index in [0.717, 1.165) is 228 Å². The molecule has 27 aliphatic rings. The lowest BCUT2D eigenvalue weighted by molar-refractivity contribution is -0.230. The van der Waals surface area contributed by atoms with E-state index in [2.05, 4.69) is 300 Å². The summed E-state index contributed by atoms with van der Waals surface area (Å²) in [6.45, 7) is 91.3. The summed E-state index contributed by atoms with van der Waals surface area (Å²) in [4.78, 5) is 0. The summed E-state index contributed by atoms with van der Waals surface area (Å²) in [6.07, 6.45) is 70.1. The van der Waals surface area contributed by atoms with Crippen LogP contribution in [0.5, 0.6) is 0 Å². The fraction of sp³-hybridized carbons (Fsp3) is 0.915. The largest absolute Gasteiger partial charge is 0.244 e. The monoisotopic (exact) mass is 2040 g/mol. The molecular formula is C141H252ClF3. The molecule has 0 nitrogen and oxygen atoms in total. The molecule has 27 fully saturated rings. The van der Waals surface area contributed by atoms with E-state index in [4.69, 9.17) is 11.6 Å². The molecule has 0 aliphatic heterocycles. The molecule has 29 rings (SSSR count). The Hall–Kier alpha value is -1.48. The fourth-order valence-corrected chi connectivity index (χ4v) is 33.0. The third kappa shape index (κ3) is 36.5. The van der Waals surface area contributed by atoms with Gasteiger partial charge in [-0.25, -0.2) is 13.2 Å². The Bertz CT molecular complexity index is 3620. The Morgan fingerprint density at radius 2 is 0.586 bits per heavy atom. The minimum Gasteiger partial charge on any atom is -0.244 e. The van der Waals surface area contributed by atoms with E-state index < -0.39 is 17.0 Å². The second-order valence-corrected chi connectivity index (χ2v) is 64.6. The minimum absolute atomic E-state index is 0.523. The third-order valence-corrected chi connectivity index (χ3v) is 45.3. The first-order valence-corrected chi connectivity index (χ1v) is 64.3. The molecule has 145 heavy (non-hydrogen) atoms. The van der Waals surface area contributed by atoms with Gasteiger partial charge in [0.15, 0.2) is 0 Å². The van der Waals surface area contributed by atoms with Crippen LogP contribution in [0.4, 0.5) is 13.2 Å². The molecule has 0 N–H and O–H groups in total. The average molecular weight is 2040 g/mol. The summed E-state index contributed by atoms with van der Waals surface area (Å²) >= 11 is 5.72. The number of aryl methyl sites for hydroxylation is 1. The summed E-state index contributed by atoms with van der Waals surface area (Å²) in [7, 11) is 0. The number of hydrogen-bond acceptors (Lipinski definition) is 0. The second kappa shape index (κ2) is 53.7. The van der Waals surface area contributed by atoms with Crippen LogP contribution in [-0.2, 0) is 0 Å². The zero-order valence-electron chi connectivity index (χ0n) is 105. The molecule has 2 aromatic rings. The molecule has 0 aromatic heterocycles. The Morgan fingerprint density at radius 3 is 0.745 bits per heavy atom. The van der Waals surface area contributed by atoms with Crippen LogP contribution in [0.25, 0.3) is 0 Å². The van der Waals surface area contributed by atoms with Crippen molar-refractivity contribution in [2.45, 2.75) is 627 Å². The molecule has 27 saturated carbocycles. The lowest BCUT2D eigenvalue weighted by Crippen LogP contribution is -2.63. The Labute approximate surface area is 910 Å². The number of hydrogen-bond donors (Lipinski definition) is 0. The first kappa shape index (κ1) is 129. The predicted molar refractivity (Wildman–Crippen MR) is 638 cm³/mol. The van der Waals surface area contributed by atoms with E-state index in [0.29, 0.717) is 35.5 Å². The van der Waals surface area contributed by atoms with Crippen molar-refractivity contribution in [3.05, 3.63) is 70.2 Å². The van der Waals surface area contributed by atoms with Gasteiger partial charge >= 0.3 is 0 Å². The molecular weight excluding hydrogens is 1790 g/mol. The lowest BCUT2D eigenvalue weighted by Gasteiger charge is -2.73. The van der Waals surface area contributed by atoms with E-state index in [1.807, 2.05) is 12.1 Å². The van der Waals surface area contributed by atoms with Crippen molar-refractivity contribution in [1.82, 2.24) is 0 Å². The van der Waals surface area contributed by atoms with E-state index in [1.165, 1.54) is 241 Å². The first-order valence-electron chi connectivity index (χ1n) is 63.9. The van der Waals surface area contributed by atoms with Gasteiger partial charge in [0.25, 0.3) is 0 Å². The molecule has 0 unspecified atom stereocenters. The smallest absolute Gasteiger partial charge is 0.111 e. The van der Waals surface area contributed by atoms with E-state index in [1.54, 1.807) is 58.8 Å². The van der Waals surface area contributed by atoms with Crippen molar-refractivity contribution >= 4 is 11.6 Å². The molecule has 14 bridgehead atoms. The van der Waals surface area contributed by atoms with Crippen LogP contribution in [0.15, 0.2) is 48.5 Å². The molecule has 2 aromatic carbocycles. The Balaban J connectivity index is 0.000000189. The standard InChI is InChI=1S/C11H20.2C10H18.C10H14.C9H11Cl.C9H17F.3C9H16.C9H18.2C8H15F.C8H14.C8H16.2C7H14/c1-9(2)11-6-3-10(4-7-11)5-8-11;1-8(2)10-5-3-9(7-10)4-6-10;1-4-9-5-10(6-9,7-9)8(2)3;1-8(2)10-6-4-9(3)5-7-10;1-7(2)8-3-5-9(10)6-4-8;1-7(2)4-8-5-9(3,10)6-8;3*1-7(2)9-4-8(3,5-9)6-9;1-8(2)7-9(3)5-4-6-9;1-6(2)7-4-8(3,9)5-7;1-7(2)6-8(9)4-3-5-8;1-6(2)8-3-7(4-8)5-8;1-7(2)6-8-4-3-5-8;2*1-6(2)7-4-3-5-7/h9-10H,3-8H2,1-2H3;8-9H,3-7H2,1-2H3;8H,4-7H2,1-3H3;4-8H,1-3H3;3-7H,1-2H3;7-8H,4-6H2,1-3H3;3*7H,4-6H2,1-3H3;8H,4-7H2,1-3H3;6-7H,4-5H2,1-3H3;7H,3-6H2,1-2H3;6-7H,3-5H2,1-2H3;7-8H,3-6H2,1-2H3;2*6-7H,3-5H2,1-2H3. The molecule has 844 valence electrons. The number of fused-ring (bicyclic) bond motifs is 5. The molecule has 0 atom stereocenters. The van der Waals surface area contributed by atoms with Gasteiger partial charge in [0, 0.05) is 5.02 Å². The second-order valence-electron chi connectivity index (χ2n) is 64.2. The Kier molecular flexibility index (Phi) is 47.7. The molecule has 0 amide bonds. The van der Waals surface area contributed by atoms with Crippen molar-refractivity contribution in [2.75, 3.05) is 0 Å². The molecule has 0 radical (unpaired) electrons. The summed E-state index contributed by atoms with van der Waals surface area (Å²) in [6, 6.07) is 16.7. The average Bonchev–Trinajstić information content (AvgIpc) is 1.42. The normalized spacial score (nSPS) is 36.1. The molecule has 0 spiro atoms. The molecule has 0 saturated heterocycles. The van der Waals surface area contributed by atoms with Gasteiger partial charge in [-0.2, -0.15) is 0 Å². The summed E-state index contributed by atoms with van der Waals surface area (Å²) < 4.78 is 38.9. The van der Waals surface area contributed by atoms with Gasteiger partial charge in [0.2, 0.25) is 0 Å². The number of rotatable bonds is 21. The number of alkyl halides is 3. The van der Waals surface area contributed by atoms with Crippen molar-refractivity contribution in [3.63, 3.8) is 0 Å². The highest BCUT2D eigenvalue weighted by Crippen LogP contribution is 2.79. The van der Waals surface area contributed by atoms with Gasteiger partial charge in [0.1, 0.15) is 17.0 Å². The summed E-state index contributed by atoms with van der Waals surface area (Å²) in [5.41, 5.74) is 11.5. The number of benzene rings is 2. The number of halogens is 4. The van der Waals surface area contributed by atoms with Gasteiger partial charge in [0.05, 0.1) is 0 Å². The van der Waals surface area contributed by atoms with Crippen LogP contribution in [-0.4, -0.2) is 17.0 Å². The molecule has 27 aliphatic carbocycles. The van der Waals surface area contributed by atoms with Crippen LogP contribution in [0.2, 0.25) is 5.02 Å². The third-order valence-electron chi connectivity index (χ3n) is 45.1. The minimum atomic E-state index is -0.824. The zero-order chi connectivity index (χ0) is 109. The maximum absolute atomic E-state index is 13.2. The van der Waals surface area contributed by atoms with Crippen LogP contribution in [0.3, 0.4) is 0 Å². The van der Waals surface area contributed by atoms with Crippen molar-refractivity contribution in [1.29, 1.82) is 0 Å². The lowest BCUT2D eigenvalue weighted by atomic mass is 9.32. The Morgan fingerprint density at radius 1 is 0.283 bits per heavy atom. The van der Waals surface area contributed by atoms with Crippen LogP contribution in [0, 0.1) is 202 Å². The summed E-state index contributed by atoms with van der Waals surface area (Å²) in [5, 5.41) is 0.810. The highest BCUT2D eigenvalue weighted by atomic mass is 35.5. The topological polar surface area (TPSA) is 0 Å². The van der Waals surface area contributed by atoms with E-state index in [-0.39, 0.29) is 0 Å². The maximum atomic E-state index is 13.2. The van der Waals surface area contributed by atoms with Crippen molar-refractivity contribution in [3.8, 4) is 0 Å².